The van der Waals surface area contributed by atoms with E-state index in [-0.39, 0.29) is 23.0 Å². The highest BCUT2D eigenvalue weighted by Crippen LogP contribution is 2.38. The van der Waals surface area contributed by atoms with Gasteiger partial charge in [-0.05, 0) is 63.6 Å². The molecular formula is C19H27N3O. The Morgan fingerprint density at radius 3 is 2.52 bits per heavy atom. The maximum atomic E-state index is 13.1. The number of fused-ring (bicyclic) bond motifs is 1. The van der Waals surface area contributed by atoms with Gasteiger partial charge in [0.2, 0.25) is 5.91 Å². The van der Waals surface area contributed by atoms with Crippen LogP contribution in [0.4, 0.5) is 0 Å². The van der Waals surface area contributed by atoms with E-state index < -0.39 is 0 Å². The lowest BCUT2D eigenvalue weighted by molar-refractivity contribution is -0.148. The van der Waals surface area contributed by atoms with Crippen LogP contribution in [0.2, 0.25) is 0 Å². The fourth-order valence-corrected chi connectivity index (χ4v) is 4.49. The van der Waals surface area contributed by atoms with E-state index in [1.54, 1.807) is 0 Å². The summed E-state index contributed by atoms with van der Waals surface area (Å²) in [6.07, 6.45) is 4.04. The lowest BCUT2D eigenvalue weighted by Gasteiger charge is -2.54. The number of hydrogen-bond donors (Lipinski definition) is 2. The topological polar surface area (TPSA) is 62.1 Å². The summed E-state index contributed by atoms with van der Waals surface area (Å²) >= 11 is 0. The first-order chi connectivity index (χ1) is 10.7. The number of nitrogens with one attached hydrogen (secondary N) is 1. The molecule has 23 heavy (non-hydrogen) atoms. The Bertz CT molecular complexity index is 711. The van der Waals surface area contributed by atoms with Gasteiger partial charge in [-0.3, -0.25) is 4.79 Å². The number of likely N-dealkylation sites (tertiary alicyclic amines) is 1. The second-order valence-electron chi connectivity index (χ2n) is 8.10. The average molecular weight is 313 g/mol. The van der Waals surface area contributed by atoms with Gasteiger partial charge in [0.05, 0.1) is 6.42 Å². The van der Waals surface area contributed by atoms with Crippen LogP contribution in [0.25, 0.3) is 10.9 Å². The number of nitrogens with zero attached hydrogens (tertiary/aromatic N) is 1. The number of amides is 1. The Morgan fingerprint density at radius 2 is 1.87 bits per heavy atom. The van der Waals surface area contributed by atoms with E-state index in [1.165, 1.54) is 5.39 Å². The van der Waals surface area contributed by atoms with Crippen molar-refractivity contribution in [3.05, 3.63) is 36.0 Å². The molecule has 0 unspecified atom stereocenters. The molecule has 124 valence electrons. The minimum absolute atomic E-state index is 0.152. The number of aromatic amines is 1. The standard InChI is InChI=1S/C19H27N3O/c1-18(2)11-15(20)12-19(3,4)22(18)17(23)10-13-5-6-14-7-8-21-16(14)9-13/h5-9,15,21H,10-12,20H2,1-4H3. The fraction of sp³-hybridized carbons (Fsp3) is 0.526. The maximum Gasteiger partial charge on any atom is 0.227 e. The quantitative estimate of drug-likeness (QED) is 0.894. The lowest BCUT2D eigenvalue weighted by Crippen LogP contribution is -2.65. The Balaban J connectivity index is 1.85. The van der Waals surface area contributed by atoms with E-state index in [2.05, 4.69) is 49.7 Å². The average Bonchev–Trinajstić information content (AvgIpc) is 2.81. The number of aromatic nitrogens is 1. The highest BCUT2D eigenvalue weighted by Gasteiger charge is 2.46. The molecule has 0 spiro atoms. The second kappa shape index (κ2) is 5.38. The predicted molar refractivity (Wildman–Crippen MR) is 94.2 cm³/mol. The van der Waals surface area contributed by atoms with Crippen molar-refractivity contribution in [1.29, 1.82) is 0 Å². The monoisotopic (exact) mass is 313 g/mol. The van der Waals surface area contributed by atoms with Crippen LogP contribution in [-0.2, 0) is 11.2 Å². The molecule has 3 rings (SSSR count). The summed E-state index contributed by atoms with van der Waals surface area (Å²) in [4.78, 5) is 18.3. The van der Waals surface area contributed by atoms with Crippen LogP contribution >= 0.6 is 0 Å². The zero-order valence-corrected chi connectivity index (χ0v) is 14.5. The number of rotatable bonds is 2. The van der Waals surface area contributed by atoms with E-state index in [0.29, 0.717) is 6.42 Å². The molecule has 1 aromatic heterocycles. The molecule has 3 N–H and O–H groups in total. The van der Waals surface area contributed by atoms with Crippen LogP contribution in [0.1, 0.15) is 46.1 Å². The third kappa shape index (κ3) is 3.00. The number of piperidine rings is 1. The van der Waals surface area contributed by atoms with Gasteiger partial charge in [0.1, 0.15) is 0 Å². The Labute approximate surface area is 138 Å². The normalized spacial score (nSPS) is 20.8. The molecule has 0 saturated carbocycles. The molecule has 0 atom stereocenters. The molecule has 1 aliphatic heterocycles. The molecule has 2 heterocycles. The largest absolute Gasteiger partial charge is 0.361 e. The van der Waals surface area contributed by atoms with Gasteiger partial charge in [0, 0.05) is 28.8 Å². The van der Waals surface area contributed by atoms with Crippen LogP contribution in [-0.4, -0.2) is 32.9 Å². The molecule has 1 aliphatic rings. The van der Waals surface area contributed by atoms with Crippen molar-refractivity contribution in [2.45, 2.75) is 64.1 Å². The zero-order valence-electron chi connectivity index (χ0n) is 14.5. The highest BCUT2D eigenvalue weighted by molar-refractivity contribution is 5.84. The molecule has 2 aromatic rings. The number of carbonyl (C=O) groups is 1. The minimum atomic E-state index is -0.214. The second-order valence-corrected chi connectivity index (χ2v) is 8.10. The molecule has 1 saturated heterocycles. The molecule has 1 amide bonds. The fourth-order valence-electron chi connectivity index (χ4n) is 4.49. The van der Waals surface area contributed by atoms with E-state index in [0.717, 1.165) is 23.9 Å². The molecule has 0 aliphatic carbocycles. The van der Waals surface area contributed by atoms with E-state index in [1.807, 2.05) is 18.3 Å². The smallest absolute Gasteiger partial charge is 0.227 e. The van der Waals surface area contributed by atoms with Crippen molar-refractivity contribution >= 4 is 16.8 Å². The van der Waals surface area contributed by atoms with Crippen molar-refractivity contribution in [2.75, 3.05) is 0 Å². The van der Waals surface area contributed by atoms with Crippen LogP contribution in [0.5, 0.6) is 0 Å². The molecule has 4 nitrogen and oxygen atoms in total. The Morgan fingerprint density at radius 1 is 1.22 bits per heavy atom. The van der Waals surface area contributed by atoms with Crippen molar-refractivity contribution in [1.82, 2.24) is 9.88 Å². The first-order valence-corrected chi connectivity index (χ1v) is 8.34. The predicted octanol–water partition coefficient (Wildman–Crippen LogP) is 3.22. The number of carbonyl (C=O) groups excluding carboxylic acids is 1. The van der Waals surface area contributed by atoms with Gasteiger partial charge in [-0.25, -0.2) is 0 Å². The van der Waals surface area contributed by atoms with Crippen molar-refractivity contribution < 1.29 is 4.79 Å². The lowest BCUT2D eigenvalue weighted by atomic mass is 9.77. The van der Waals surface area contributed by atoms with Gasteiger partial charge in [-0.2, -0.15) is 0 Å². The summed E-state index contributed by atoms with van der Waals surface area (Å²) in [6, 6.07) is 8.38. The summed E-state index contributed by atoms with van der Waals surface area (Å²) < 4.78 is 0. The van der Waals surface area contributed by atoms with Crippen LogP contribution < -0.4 is 5.73 Å². The van der Waals surface area contributed by atoms with Gasteiger partial charge >= 0.3 is 0 Å². The summed E-state index contributed by atoms with van der Waals surface area (Å²) in [5.74, 6) is 0.179. The van der Waals surface area contributed by atoms with Crippen LogP contribution in [0.3, 0.4) is 0 Å². The summed E-state index contributed by atoms with van der Waals surface area (Å²) in [6.45, 7) is 8.50. The molecule has 0 bridgehead atoms. The number of benzene rings is 1. The SMILES string of the molecule is CC1(C)CC(N)CC(C)(C)N1C(=O)Cc1ccc2cc[nH]c2c1. The maximum absolute atomic E-state index is 13.1. The van der Waals surface area contributed by atoms with Gasteiger partial charge < -0.3 is 15.6 Å². The zero-order chi connectivity index (χ0) is 16.8. The molecule has 0 radical (unpaired) electrons. The Hall–Kier alpha value is -1.81. The van der Waals surface area contributed by atoms with Crippen LogP contribution in [0.15, 0.2) is 30.5 Å². The minimum Gasteiger partial charge on any atom is -0.361 e. The first kappa shape index (κ1) is 16.1. The first-order valence-electron chi connectivity index (χ1n) is 8.34. The van der Waals surface area contributed by atoms with Gasteiger partial charge in [0.15, 0.2) is 0 Å². The third-order valence-electron chi connectivity index (χ3n) is 4.96. The number of hydrogen-bond acceptors (Lipinski definition) is 2. The summed E-state index contributed by atoms with van der Waals surface area (Å²) in [5.41, 5.74) is 7.91. The summed E-state index contributed by atoms with van der Waals surface area (Å²) in [5, 5.41) is 1.17. The van der Waals surface area contributed by atoms with Crippen molar-refractivity contribution in [2.24, 2.45) is 5.73 Å². The molecule has 1 fully saturated rings. The van der Waals surface area contributed by atoms with Gasteiger partial charge in [-0.15, -0.1) is 0 Å². The van der Waals surface area contributed by atoms with Gasteiger partial charge in [-0.1, -0.05) is 12.1 Å². The highest BCUT2D eigenvalue weighted by atomic mass is 16.2. The van der Waals surface area contributed by atoms with E-state index in [9.17, 15) is 4.79 Å². The number of H-pyrrole nitrogens is 1. The molecule has 1 aromatic carbocycles. The van der Waals surface area contributed by atoms with E-state index in [4.69, 9.17) is 5.73 Å². The van der Waals surface area contributed by atoms with Gasteiger partial charge in [0.25, 0.3) is 0 Å². The summed E-state index contributed by atoms with van der Waals surface area (Å²) in [7, 11) is 0. The van der Waals surface area contributed by atoms with Crippen molar-refractivity contribution in [3.63, 3.8) is 0 Å². The van der Waals surface area contributed by atoms with Crippen molar-refractivity contribution in [3.8, 4) is 0 Å². The van der Waals surface area contributed by atoms with E-state index >= 15 is 0 Å². The van der Waals surface area contributed by atoms with Crippen LogP contribution in [0, 0.1) is 0 Å². The Kier molecular flexibility index (Phi) is 3.75. The number of nitrogens with two attached hydrogens (primary N) is 1. The third-order valence-corrected chi connectivity index (χ3v) is 4.96. The molecular weight excluding hydrogens is 286 g/mol. The molecule has 4 heteroatoms.